The average molecular weight is 279 g/mol. The molecule has 0 aliphatic rings. The van der Waals surface area contributed by atoms with E-state index in [9.17, 15) is 14.7 Å². The Balaban J connectivity index is 2.89. The van der Waals surface area contributed by atoms with Crippen molar-refractivity contribution >= 4 is 11.9 Å². The summed E-state index contributed by atoms with van der Waals surface area (Å²) in [6.45, 7) is 5.72. The Morgan fingerprint density at radius 2 is 2.00 bits per heavy atom. The Kier molecular flexibility index (Phi) is 5.27. The summed E-state index contributed by atoms with van der Waals surface area (Å²) in [5.41, 5.74) is 0.726. The molecule has 0 aromatic heterocycles. The summed E-state index contributed by atoms with van der Waals surface area (Å²) < 4.78 is 5.01. The fourth-order valence-corrected chi connectivity index (χ4v) is 1.83. The van der Waals surface area contributed by atoms with Crippen molar-refractivity contribution in [2.45, 2.75) is 33.4 Å². The lowest BCUT2D eigenvalue weighted by Gasteiger charge is -2.27. The summed E-state index contributed by atoms with van der Waals surface area (Å²) in [6, 6.07) is 5.99. The number of carboxylic acid groups (broad SMARTS) is 1. The number of carboxylic acids is 1. The van der Waals surface area contributed by atoms with Crippen molar-refractivity contribution < 1.29 is 19.4 Å². The van der Waals surface area contributed by atoms with Crippen LogP contribution in [0.25, 0.3) is 0 Å². The molecule has 1 rings (SSSR count). The van der Waals surface area contributed by atoms with Gasteiger partial charge in [0.1, 0.15) is 6.04 Å². The van der Waals surface area contributed by atoms with Crippen molar-refractivity contribution in [3.63, 3.8) is 0 Å². The third kappa shape index (κ3) is 4.35. The summed E-state index contributed by atoms with van der Waals surface area (Å²) in [5, 5.41) is 11.8. The fourth-order valence-electron chi connectivity index (χ4n) is 1.83. The maximum absolute atomic E-state index is 12.1. The lowest BCUT2D eigenvalue weighted by atomic mass is 9.86. The maximum atomic E-state index is 12.1. The van der Waals surface area contributed by atoms with E-state index in [1.54, 1.807) is 46.1 Å². The van der Waals surface area contributed by atoms with Crippen molar-refractivity contribution in [1.82, 2.24) is 5.32 Å². The fraction of sp³-hybridized carbons (Fsp3) is 0.467. The third-order valence-corrected chi connectivity index (χ3v) is 2.89. The minimum atomic E-state index is -1.04. The van der Waals surface area contributed by atoms with Gasteiger partial charge in [0.2, 0.25) is 0 Å². The SMILES string of the molecule is COCc1cccc(C(=O)N[C@H](C(=O)O)C(C)(C)C)c1. The molecule has 0 saturated carbocycles. The molecule has 0 saturated heterocycles. The lowest BCUT2D eigenvalue weighted by Crippen LogP contribution is -2.49. The maximum Gasteiger partial charge on any atom is 0.326 e. The molecule has 1 amide bonds. The second-order valence-corrected chi connectivity index (χ2v) is 5.74. The Morgan fingerprint density at radius 1 is 1.35 bits per heavy atom. The Bertz CT molecular complexity index is 491. The highest BCUT2D eigenvalue weighted by atomic mass is 16.5. The zero-order chi connectivity index (χ0) is 15.3. The number of nitrogens with one attached hydrogen (secondary N) is 1. The van der Waals surface area contributed by atoms with Crippen LogP contribution in [0.4, 0.5) is 0 Å². The number of ether oxygens (including phenoxy) is 1. The van der Waals surface area contributed by atoms with Gasteiger partial charge in [-0.2, -0.15) is 0 Å². The van der Waals surface area contributed by atoms with Crippen LogP contribution in [0, 0.1) is 5.41 Å². The molecule has 1 aromatic carbocycles. The van der Waals surface area contributed by atoms with Gasteiger partial charge in [-0.1, -0.05) is 32.9 Å². The molecular formula is C15H21NO4. The van der Waals surface area contributed by atoms with Gasteiger partial charge in [0.15, 0.2) is 0 Å². The van der Waals surface area contributed by atoms with Crippen LogP contribution < -0.4 is 5.32 Å². The van der Waals surface area contributed by atoms with E-state index in [-0.39, 0.29) is 0 Å². The quantitative estimate of drug-likeness (QED) is 0.865. The van der Waals surface area contributed by atoms with Crippen LogP contribution in [0.3, 0.4) is 0 Å². The number of benzene rings is 1. The molecular weight excluding hydrogens is 258 g/mol. The highest BCUT2D eigenvalue weighted by Gasteiger charge is 2.32. The van der Waals surface area contributed by atoms with E-state index in [0.717, 1.165) is 5.56 Å². The number of methoxy groups -OCH3 is 1. The van der Waals surface area contributed by atoms with E-state index >= 15 is 0 Å². The first kappa shape index (κ1) is 16.2. The van der Waals surface area contributed by atoms with Gasteiger partial charge in [0.05, 0.1) is 6.61 Å². The van der Waals surface area contributed by atoms with E-state index in [2.05, 4.69) is 5.32 Å². The third-order valence-electron chi connectivity index (χ3n) is 2.89. The molecule has 20 heavy (non-hydrogen) atoms. The first-order valence-corrected chi connectivity index (χ1v) is 6.37. The molecule has 0 aliphatic carbocycles. The van der Waals surface area contributed by atoms with E-state index in [0.29, 0.717) is 12.2 Å². The molecule has 5 nitrogen and oxygen atoms in total. The van der Waals surface area contributed by atoms with Gasteiger partial charge in [-0.15, -0.1) is 0 Å². The second-order valence-electron chi connectivity index (χ2n) is 5.74. The summed E-state index contributed by atoms with van der Waals surface area (Å²) in [5.74, 6) is -1.44. The molecule has 5 heteroatoms. The number of carbonyl (C=O) groups is 2. The first-order chi connectivity index (χ1) is 9.25. The number of hydrogen-bond donors (Lipinski definition) is 2. The van der Waals surface area contributed by atoms with E-state index in [4.69, 9.17) is 4.74 Å². The number of carbonyl (C=O) groups excluding carboxylic acids is 1. The van der Waals surface area contributed by atoms with E-state index in [1.807, 2.05) is 6.07 Å². The minimum absolute atomic E-state index is 0.398. The van der Waals surface area contributed by atoms with Gasteiger partial charge in [-0.05, 0) is 23.1 Å². The highest BCUT2D eigenvalue weighted by molar-refractivity contribution is 5.96. The monoisotopic (exact) mass is 279 g/mol. The zero-order valence-corrected chi connectivity index (χ0v) is 12.3. The molecule has 0 bridgehead atoms. The molecule has 1 aromatic rings. The van der Waals surface area contributed by atoms with Crippen molar-refractivity contribution in [1.29, 1.82) is 0 Å². The standard InChI is InChI=1S/C15H21NO4/c1-15(2,3)12(14(18)19)16-13(17)11-7-5-6-10(8-11)9-20-4/h5-8,12H,9H2,1-4H3,(H,16,17)(H,18,19)/t12-/m1/s1. The van der Waals surface area contributed by atoms with Gasteiger partial charge < -0.3 is 15.2 Å². The molecule has 0 unspecified atom stereocenters. The summed E-state index contributed by atoms with van der Waals surface area (Å²) >= 11 is 0. The minimum Gasteiger partial charge on any atom is -0.480 e. The zero-order valence-electron chi connectivity index (χ0n) is 12.3. The normalized spacial score (nSPS) is 12.8. The molecule has 0 radical (unpaired) electrons. The average Bonchev–Trinajstić information content (AvgIpc) is 2.34. The molecule has 0 spiro atoms. The van der Waals surface area contributed by atoms with Gasteiger partial charge in [0, 0.05) is 12.7 Å². The van der Waals surface area contributed by atoms with Crippen LogP contribution in [0.15, 0.2) is 24.3 Å². The highest BCUT2D eigenvalue weighted by Crippen LogP contribution is 2.20. The van der Waals surface area contributed by atoms with Crippen LogP contribution >= 0.6 is 0 Å². The van der Waals surface area contributed by atoms with Crippen molar-refractivity contribution in [2.24, 2.45) is 5.41 Å². The van der Waals surface area contributed by atoms with Gasteiger partial charge in [-0.3, -0.25) is 4.79 Å². The first-order valence-electron chi connectivity index (χ1n) is 6.37. The van der Waals surface area contributed by atoms with Crippen molar-refractivity contribution in [2.75, 3.05) is 7.11 Å². The van der Waals surface area contributed by atoms with Crippen LogP contribution in [0.1, 0.15) is 36.7 Å². The van der Waals surface area contributed by atoms with Crippen LogP contribution in [0.5, 0.6) is 0 Å². The largest absolute Gasteiger partial charge is 0.480 e. The molecule has 0 heterocycles. The van der Waals surface area contributed by atoms with Crippen molar-refractivity contribution in [3.05, 3.63) is 35.4 Å². The van der Waals surface area contributed by atoms with Gasteiger partial charge >= 0.3 is 5.97 Å². The molecule has 0 aliphatic heterocycles. The lowest BCUT2D eigenvalue weighted by molar-refractivity contribution is -0.142. The number of amides is 1. The Hall–Kier alpha value is -1.88. The number of rotatable bonds is 5. The topological polar surface area (TPSA) is 75.6 Å². The molecule has 0 fully saturated rings. The molecule has 1 atom stereocenters. The number of aliphatic carboxylic acids is 1. The van der Waals surface area contributed by atoms with Crippen LogP contribution in [-0.4, -0.2) is 30.1 Å². The predicted octanol–water partition coefficient (Wildman–Crippen LogP) is 2.06. The Labute approximate surface area is 118 Å². The van der Waals surface area contributed by atoms with Gasteiger partial charge in [-0.25, -0.2) is 4.79 Å². The van der Waals surface area contributed by atoms with E-state index in [1.165, 1.54) is 0 Å². The predicted molar refractivity (Wildman–Crippen MR) is 75.5 cm³/mol. The summed E-state index contributed by atoms with van der Waals surface area (Å²) in [4.78, 5) is 23.4. The van der Waals surface area contributed by atoms with E-state index < -0.39 is 23.3 Å². The molecule has 110 valence electrons. The summed E-state index contributed by atoms with van der Waals surface area (Å²) in [6.07, 6.45) is 0. The van der Waals surface area contributed by atoms with Crippen molar-refractivity contribution in [3.8, 4) is 0 Å². The van der Waals surface area contributed by atoms with Crippen LogP contribution in [0.2, 0.25) is 0 Å². The smallest absolute Gasteiger partial charge is 0.326 e. The Morgan fingerprint density at radius 3 is 2.50 bits per heavy atom. The van der Waals surface area contributed by atoms with Gasteiger partial charge in [0.25, 0.3) is 5.91 Å². The summed E-state index contributed by atoms with van der Waals surface area (Å²) in [7, 11) is 1.58. The number of hydrogen-bond acceptors (Lipinski definition) is 3. The van der Waals surface area contributed by atoms with Crippen LogP contribution in [-0.2, 0) is 16.1 Å². The second kappa shape index (κ2) is 6.52. The molecule has 2 N–H and O–H groups in total.